The average molecular weight is 490 g/mol. The first-order valence-electron chi connectivity index (χ1n) is 12.3. The van der Waals surface area contributed by atoms with E-state index in [4.69, 9.17) is 0 Å². The molecule has 1 saturated heterocycles. The third kappa shape index (κ3) is 4.54. The number of anilines is 1. The lowest BCUT2D eigenvalue weighted by Gasteiger charge is -2.39. The monoisotopic (exact) mass is 489 g/mol. The Hall–Kier alpha value is -3.84. The number of hydrogen-bond donors (Lipinski definition) is 2. The number of piperazine rings is 1. The van der Waals surface area contributed by atoms with Crippen molar-refractivity contribution in [3.05, 3.63) is 63.1 Å². The summed E-state index contributed by atoms with van der Waals surface area (Å²) in [6.07, 6.45) is 2.44. The standard InChI is InChI=1S/C26H28FN7O2/c1-3-18-25(35)32-24-19(30-18)7-6-17(23(24)27)15(2)33-10-12-34(13-11-33)22-9-8-20(31-21(22)14-28)26(36)29-16-4-5-16/h6-9,15-16H,3-5,10-13H2,1-2H3,(H,29,36)(H,32,35). The Balaban J connectivity index is 1.30. The molecule has 2 aliphatic rings. The van der Waals surface area contributed by atoms with Gasteiger partial charge in [-0.1, -0.05) is 13.0 Å². The van der Waals surface area contributed by atoms with Gasteiger partial charge in [-0.2, -0.15) is 5.26 Å². The van der Waals surface area contributed by atoms with Crippen LogP contribution in [-0.4, -0.2) is 58.0 Å². The van der Waals surface area contributed by atoms with Gasteiger partial charge in [-0.25, -0.2) is 14.4 Å². The van der Waals surface area contributed by atoms with Crippen molar-refractivity contribution in [2.24, 2.45) is 0 Å². The fraction of sp³-hybridized carbons (Fsp3) is 0.423. The first kappa shape index (κ1) is 23.9. The molecule has 0 radical (unpaired) electrons. The van der Waals surface area contributed by atoms with Crippen LogP contribution in [0.15, 0.2) is 29.1 Å². The maximum Gasteiger partial charge on any atom is 0.270 e. The van der Waals surface area contributed by atoms with Gasteiger partial charge in [0.15, 0.2) is 11.5 Å². The first-order chi connectivity index (χ1) is 17.4. The van der Waals surface area contributed by atoms with Crippen molar-refractivity contribution in [2.75, 3.05) is 31.1 Å². The van der Waals surface area contributed by atoms with Crippen LogP contribution in [-0.2, 0) is 6.42 Å². The zero-order valence-corrected chi connectivity index (χ0v) is 20.3. The second-order valence-electron chi connectivity index (χ2n) is 9.35. The third-order valence-corrected chi connectivity index (χ3v) is 7.02. The molecule has 2 aromatic heterocycles. The van der Waals surface area contributed by atoms with Crippen molar-refractivity contribution in [1.29, 1.82) is 5.26 Å². The molecule has 9 nitrogen and oxygen atoms in total. The number of amides is 1. The van der Waals surface area contributed by atoms with Gasteiger partial charge in [-0.15, -0.1) is 0 Å². The number of halogens is 1. The number of aromatic amines is 1. The van der Waals surface area contributed by atoms with Gasteiger partial charge in [0.2, 0.25) is 0 Å². The number of hydrogen-bond acceptors (Lipinski definition) is 7. The maximum absolute atomic E-state index is 15.4. The second kappa shape index (κ2) is 9.66. The minimum absolute atomic E-state index is 0.135. The summed E-state index contributed by atoms with van der Waals surface area (Å²) in [5.74, 6) is -0.704. The molecule has 1 atom stereocenters. The molecule has 0 bridgehead atoms. The normalized spacial score (nSPS) is 17.1. The molecule has 3 aromatic rings. The SMILES string of the molecule is CCc1nc2ccc(C(C)N3CCN(c4ccc(C(=O)NC5CC5)nc4C#N)CC3)c(F)c2[nH]c1=O. The highest BCUT2D eigenvalue weighted by molar-refractivity contribution is 5.93. The van der Waals surface area contributed by atoms with Crippen LogP contribution in [0, 0.1) is 17.1 Å². The number of rotatable bonds is 6. The molecule has 1 unspecified atom stereocenters. The molecule has 10 heteroatoms. The summed E-state index contributed by atoms with van der Waals surface area (Å²) in [4.78, 5) is 40.0. The molecule has 1 saturated carbocycles. The Morgan fingerprint density at radius 1 is 1.22 bits per heavy atom. The number of benzene rings is 1. The number of pyridine rings is 1. The van der Waals surface area contributed by atoms with Gasteiger partial charge in [0, 0.05) is 43.8 Å². The Labute approximate surface area is 208 Å². The lowest BCUT2D eigenvalue weighted by atomic mass is 10.0. The molecule has 1 aliphatic heterocycles. The van der Waals surface area contributed by atoms with Crippen LogP contribution >= 0.6 is 0 Å². The number of carbonyl (C=O) groups is 1. The van der Waals surface area contributed by atoms with Crippen molar-refractivity contribution < 1.29 is 9.18 Å². The predicted octanol–water partition coefficient (Wildman–Crippen LogP) is 2.67. The van der Waals surface area contributed by atoms with Crippen LogP contribution in [0.25, 0.3) is 11.0 Å². The summed E-state index contributed by atoms with van der Waals surface area (Å²) in [6.45, 7) is 6.34. The zero-order valence-electron chi connectivity index (χ0n) is 20.3. The van der Waals surface area contributed by atoms with Gasteiger partial charge in [0.25, 0.3) is 11.5 Å². The number of H-pyrrole nitrogens is 1. The van der Waals surface area contributed by atoms with Crippen LogP contribution in [0.3, 0.4) is 0 Å². The van der Waals surface area contributed by atoms with E-state index in [0.29, 0.717) is 55.1 Å². The highest BCUT2D eigenvalue weighted by atomic mass is 19.1. The summed E-state index contributed by atoms with van der Waals surface area (Å²) in [5, 5.41) is 12.5. The van der Waals surface area contributed by atoms with Crippen molar-refractivity contribution >= 4 is 22.6 Å². The van der Waals surface area contributed by atoms with E-state index in [0.717, 1.165) is 12.8 Å². The molecule has 1 aromatic carbocycles. The highest BCUT2D eigenvalue weighted by Crippen LogP contribution is 2.29. The van der Waals surface area contributed by atoms with Crippen LogP contribution in [0.5, 0.6) is 0 Å². The zero-order chi connectivity index (χ0) is 25.4. The van der Waals surface area contributed by atoms with Gasteiger partial charge in [-0.05, 0) is 44.4 Å². The highest BCUT2D eigenvalue weighted by Gasteiger charge is 2.28. The molecule has 2 N–H and O–H groups in total. The Kier molecular flexibility index (Phi) is 6.41. The summed E-state index contributed by atoms with van der Waals surface area (Å²) >= 11 is 0. The Morgan fingerprint density at radius 2 is 1.97 bits per heavy atom. The summed E-state index contributed by atoms with van der Waals surface area (Å²) in [7, 11) is 0. The smallest absolute Gasteiger partial charge is 0.270 e. The van der Waals surface area contributed by atoms with Crippen molar-refractivity contribution in [3.8, 4) is 6.07 Å². The fourth-order valence-electron chi connectivity index (χ4n) is 4.69. The number of fused-ring (bicyclic) bond motifs is 1. The van der Waals surface area contributed by atoms with E-state index in [1.54, 1.807) is 24.3 Å². The third-order valence-electron chi connectivity index (χ3n) is 7.02. The number of aryl methyl sites for hydroxylation is 1. The summed E-state index contributed by atoms with van der Waals surface area (Å²) in [6, 6.07) is 9.06. The van der Waals surface area contributed by atoms with Crippen molar-refractivity contribution in [3.63, 3.8) is 0 Å². The quantitative estimate of drug-likeness (QED) is 0.547. The largest absolute Gasteiger partial charge is 0.367 e. The van der Waals surface area contributed by atoms with E-state index >= 15 is 4.39 Å². The van der Waals surface area contributed by atoms with E-state index in [-0.39, 0.29) is 40.5 Å². The number of nitrogens with one attached hydrogen (secondary N) is 2. The van der Waals surface area contributed by atoms with Crippen LogP contribution in [0.2, 0.25) is 0 Å². The van der Waals surface area contributed by atoms with Crippen LogP contribution < -0.4 is 15.8 Å². The van der Waals surface area contributed by atoms with E-state index < -0.39 is 5.82 Å². The molecule has 3 heterocycles. The van der Waals surface area contributed by atoms with E-state index in [1.807, 2.05) is 13.8 Å². The Bertz CT molecular complexity index is 1420. The number of carbonyl (C=O) groups excluding carboxylic acids is 1. The van der Waals surface area contributed by atoms with Crippen molar-refractivity contribution in [1.82, 2.24) is 25.2 Å². The predicted molar refractivity (Wildman–Crippen MR) is 133 cm³/mol. The second-order valence-corrected chi connectivity index (χ2v) is 9.35. The van der Waals surface area contributed by atoms with E-state index in [9.17, 15) is 14.9 Å². The molecular weight excluding hydrogens is 461 g/mol. The lowest BCUT2D eigenvalue weighted by Crippen LogP contribution is -2.47. The van der Waals surface area contributed by atoms with Gasteiger partial charge < -0.3 is 15.2 Å². The topological polar surface area (TPSA) is 118 Å². The van der Waals surface area contributed by atoms with E-state index in [1.165, 1.54) is 0 Å². The molecule has 0 spiro atoms. The number of aromatic nitrogens is 3. The maximum atomic E-state index is 15.4. The van der Waals surface area contributed by atoms with Gasteiger partial charge >= 0.3 is 0 Å². The van der Waals surface area contributed by atoms with Gasteiger partial charge in [0.05, 0.1) is 11.2 Å². The first-order valence-corrected chi connectivity index (χ1v) is 12.3. The van der Waals surface area contributed by atoms with Gasteiger partial charge in [0.1, 0.15) is 23.0 Å². The minimum atomic E-state index is -0.453. The molecule has 36 heavy (non-hydrogen) atoms. The number of nitrogens with zero attached hydrogens (tertiary/aromatic N) is 5. The van der Waals surface area contributed by atoms with Crippen LogP contribution in [0.1, 0.15) is 60.2 Å². The molecule has 1 amide bonds. The minimum Gasteiger partial charge on any atom is -0.367 e. The van der Waals surface area contributed by atoms with E-state index in [2.05, 4.69) is 36.1 Å². The summed E-state index contributed by atoms with van der Waals surface area (Å²) < 4.78 is 15.4. The molecule has 2 fully saturated rings. The molecule has 5 rings (SSSR count). The lowest BCUT2D eigenvalue weighted by molar-refractivity contribution is 0.0946. The fourth-order valence-corrected chi connectivity index (χ4v) is 4.69. The summed E-state index contributed by atoms with van der Waals surface area (Å²) in [5.41, 5.74) is 2.28. The van der Waals surface area contributed by atoms with Gasteiger partial charge in [-0.3, -0.25) is 14.5 Å². The molecule has 1 aliphatic carbocycles. The molecule has 186 valence electrons. The number of nitriles is 1. The van der Waals surface area contributed by atoms with Crippen LogP contribution in [0.4, 0.5) is 10.1 Å². The van der Waals surface area contributed by atoms with Crippen molar-refractivity contribution in [2.45, 2.75) is 45.2 Å². The average Bonchev–Trinajstić information content (AvgIpc) is 3.72. The Morgan fingerprint density at radius 3 is 2.64 bits per heavy atom. The molecular formula is C26H28FN7O2.